The summed E-state index contributed by atoms with van der Waals surface area (Å²) in [4.78, 5) is 7.46. The van der Waals surface area contributed by atoms with Crippen molar-refractivity contribution in [1.29, 1.82) is 0 Å². The molecule has 0 bridgehead atoms. The van der Waals surface area contributed by atoms with Gasteiger partial charge in [-0.15, -0.1) is 0 Å². The van der Waals surface area contributed by atoms with Gasteiger partial charge in [0, 0.05) is 52.0 Å². The maximum absolute atomic E-state index is 2.58. The van der Waals surface area contributed by atoms with Gasteiger partial charge in [0.1, 0.15) is 0 Å². The molecule has 2 aliphatic heterocycles. The van der Waals surface area contributed by atoms with E-state index >= 15 is 0 Å². The maximum Gasteiger partial charge on any atom is 0.252 e. The fourth-order valence-electron chi connectivity index (χ4n) is 9.20. The van der Waals surface area contributed by atoms with Crippen molar-refractivity contribution in [3.05, 3.63) is 236 Å². The summed E-state index contributed by atoms with van der Waals surface area (Å²) >= 11 is 0. The molecule has 11 rings (SSSR count). The Labute approximate surface area is 346 Å². The van der Waals surface area contributed by atoms with E-state index in [0.29, 0.717) is 0 Å². The zero-order chi connectivity index (χ0) is 39.1. The summed E-state index contributed by atoms with van der Waals surface area (Å²) in [6.45, 7) is 0.742. The molecular formula is C55H40BN3. The lowest BCUT2D eigenvalue weighted by molar-refractivity contribution is 0.979. The highest BCUT2D eigenvalue weighted by molar-refractivity contribution is 7.00. The molecule has 59 heavy (non-hydrogen) atoms. The minimum absolute atomic E-state index is 0.00239. The second-order valence-corrected chi connectivity index (χ2v) is 15.4. The summed E-state index contributed by atoms with van der Waals surface area (Å²) in [5.41, 5.74) is 19.3. The molecule has 278 valence electrons. The Morgan fingerprint density at radius 3 is 1.47 bits per heavy atom. The summed E-state index contributed by atoms with van der Waals surface area (Å²) in [7, 11) is 0. The van der Waals surface area contributed by atoms with Crippen molar-refractivity contribution in [2.45, 2.75) is 6.54 Å². The predicted octanol–water partition coefficient (Wildman–Crippen LogP) is 12.4. The van der Waals surface area contributed by atoms with Gasteiger partial charge in [0.2, 0.25) is 0 Å². The number of nitrogens with zero attached hydrogens (tertiary/aromatic N) is 3. The van der Waals surface area contributed by atoms with Gasteiger partial charge in [0.25, 0.3) is 6.71 Å². The maximum atomic E-state index is 2.58. The van der Waals surface area contributed by atoms with Crippen LogP contribution in [-0.4, -0.2) is 6.71 Å². The van der Waals surface area contributed by atoms with Crippen LogP contribution in [0.5, 0.6) is 0 Å². The molecule has 0 saturated heterocycles. The van der Waals surface area contributed by atoms with E-state index in [4.69, 9.17) is 0 Å². The Morgan fingerprint density at radius 2 is 0.847 bits per heavy atom. The van der Waals surface area contributed by atoms with Crippen molar-refractivity contribution in [3.63, 3.8) is 0 Å². The van der Waals surface area contributed by atoms with Gasteiger partial charge in [-0.3, -0.25) is 0 Å². The van der Waals surface area contributed by atoms with Crippen LogP contribution in [0.4, 0.5) is 45.5 Å². The minimum atomic E-state index is 0.00239. The zero-order valence-electron chi connectivity index (χ0n) is 32.6. The zero-order valence-corrected chi connectivity index (χ0v) is 32.6. The predicted molar refractivity (Wildman–Crippen MR) is 250 cm³/mol. The van der Waals surface area contributed by atoms with Crippen molar-refractivity contribution >= 4 is 68.6 Å². The highest BCUT2D eigenvalue weighted by Gasteiger charge is 2.43. The molecular weight excluding hydrogens is 713 g/mol. The molecule has 3 nitrogen and oxygen atoms in total. The Balaban J connectivity index is 1.21. The van der Waals surface area contributed by atoms with Gasteiger partial charge in [-0.2, -0.15) is 0 Å². The molecule has 0 N–H and O–H groups in total. The van der Waals surface area contributed by atoms with E-state index in [1.165, 1.54) is 67.0 Å². The first kappa shape index (κ1) is 34.7. The summed E-state index contributed by atoms with van der Waals surface area (Å²) in [6.07, 6.45) is 0. The Hall–Kier alpha value is -7.56. The molecule has 4 heteroatoms. The van der Waals surface area contributed by atoms with Crippen LogP contribution in [-0.2, 0) is 6.54 Å². The first-order chi connectivity index (χ1) is 29.3. The molecule has 0 aliphatic carbocycles. The van der Waals surface area contributed by atoms with Gasteiger partial charge in [-0.25, -0.2) is 0 Å². The molecule has 0 aromatic heterocycles. The van der Waals surface area contributed by atoms with Crippen molar-refractivity contribution in [1.82, 2.24) is 0 Å². The number of benzene rings is 9. The van der Waals surface area contributed by atoms with E-state index in [9.17, 15) is 0 Å². The first-order valence-electron chi connectivity index (χ1n) is 20.4. The number of hydrogen-bond acceptors (Lipinski definition) is 3. The molecule has 2 heterocycles. The normalized spacial score (nSPS) is 12.4. The molecule has 9 aromatic carbocycles. The number of hydrogen-bond donors (Lipinski definition) is 0. The Bertz CT molecular complexity index is 2870. The van der Waals surface area contributed by atoms with Gasteiger partial charge < -0.3 is 14.7 Å². The van der Waals surface area contributed by atoms with Crippen molar-refractivity contribution in [2.75, 3.05) is 14.7 Å². The van der Waals surface area contributed by atoms with E-state index in [2.05, 4.69) is 245 Å². The lowest BCUT2D eigenvalue weighted by atomic mass is 9.33. The topological polar surface area (TPSA) is 9.72 Å². The van der Waals surface area contributed by atoms with Gasteiger partial charge in [0.05, 0.1) is 0 Å². The van der Waals surface area contributed by atoms with Crippen LogP contribution in [0.2, 0.25) is 0 Å². The average molecular weight is 754 g/mol. The lowest BCUT2D eigenvalue weighted by Gasteiger charge is -2.45. The third-order valence-electron chi connectivity index (χ3n) is 11.9. The molecule has 0 fully saturated rings. The fourth-order valence-corrected chi connectivity index (χ4v) is 9.20. The number of para-hydroxylation sites is 3. The van der Waals surface area contributed by atoms with Gasteiger partial charge in [-0.1, -0.05) is 164 Å². The summed E-state index contributed by atoms with van der Waals surface area (Å²) in [5.74, 6) is 0. The van der Waals surface area contributed by atoms with Crippen LogP contribution in [0.15, 0.2) is 231 Å². The van der Waals surface area contributed by atoms with Crippen LogP contribution < -0.4 is 31.1 Å². The molecule has 0 spiro atoms. The van der Waals surface area contributed by atoms with Crippen LogP contribution in [0.25, 0.3) is 22.3 Å². The smallest absolute Gasteiger partial charge is 0.252 e. The second kappa shape index (κ2) is 14.7. The van der Waals surface area contributed by atoms with Crippen LogP contribution >= 0.6 is 0 Å². The number of anilines is 8. The molecule has 0 radical (unpaired) electrons. The summed E-state index contributed by atoms with van der Waals surface area (Å²) in [5, 5.41) is 0. The van der Waals surface area contributed by atoms with Crippen LogP contribution in [0.3, 0.4) is 0 Å². The fraction of sp³-hybridized carbons (Fsp3) is 0.0182. The van der Waals surface area contributed by atoms with E-state index in [-0.39, 0.29) is 6.71 Å². The standard InChI is InChI=1S/C55H40BN3/c1-7-19-40(20-8-1)39-57-51-35-43(41-21-9-2-10-22-41)31-33-49(51)56-50-34-32-48(58(45-25-13-4-14-26-45)46-27-15-5-16-28-46)38-52(50)59(47-29-17-6-18-30-47)54-37-44(36-53(57)55(54)56)42-23-11-3-12-24-42/h1-38H,39H2. The quantitative estimate of drug-likeness (QED) is 0.143. The molecule has 9 aromatic rings. The van der Waals surface area contributed by atoms with E-state index in [1.807, 2.05) is 0 Å². The SMILES string of the molecule is c1ccc(CN2c3cc(-c4ccccc4)ccc3B3c4ccc(N(c5ccccc5)c5ccccc5)cc4N(c4ccccc4)c4cc(-c5ccccc5)cc2c43)cc1. The molecule has 0 atom stereocenters. The molecule has 2 aliphatic rings. The van der Waals surface area contributed by atoms with Gasteiger partial charge >= 0.3 is 0 Å². The number of rotatable bonds is 8. The van der Waals surface area contributed by atoms with E-state index in [0.717, 1.165) is 29.3 Å². The van der Waals surface area contributed by atoms with E-state index < -0.39 is 0 Å². The first-order valence-corrected chi connectivity index (χ1v) is 20.4. The van der Waals surface area contributed by atoms with Gasteiger partial charge in [0.15, 0.2) is 0 Å². The average Bonchev–Trinajstić information content (AvgIpc) is 3.31. The van der Waals surface area contributed by atoms with E-state index in [1.54, 1.807) is 0 Å². The van der Waals surface area contributed by atoms with Crippen molar-refractivity contribution in [3.8, 4) is 22.3 Å². The third-order valence-corrected chi connectivity index (χ3v) is 11.9. The van der Waals surface area contributed by atoms with Crippen LogP contribution in [0.1, 0.15) is 5.56 Å². The lowest BCUT2D eigenvalue weighted by Crippen LogP contribution is -2.61. The van der Waals surface area contributed by atoms with Crippen molar-refractivity contribution < 1.29 is 0 Å². The number of fused-ring (bicyclic) bond motifs is 4. The highest BCUT2D eigenvalue weighted by Crippen LogP contribution is 2.46. The minimum Gasteiger partial charge on any atom is -0.338 e. The molecule has 0 unspecified atom stereocenters. The third kappa shape index (κ3) is 6.18. The Kier molecular flexibility index (Phi) is 8.67. The summed E-state index contributed by atoms with van der Waals surface area (Å²) < 4.78 is 0. The van der Waals surface area contributed by atoms with Gasteiger partial charge in [-0.05, 0) is 111 Å². The van der Waals surface area contributed by atoms with Crippen molar-refractivity contribution in [2.24, 2.45) is 0 Å². The monoisotopic (exact) mass is 753 g/mol. The Morgan fingerprint density at radius 1 is 0.356 bits per heavy atom. The van der Waals surface area contributed by atoms with Crippen LogP contribution in [0, 0.1) is 0 Å². The second-order valence-electron chi connectivity index (χ2n) is 15.4. The molecule has 0 amide bonds. The summed E-state index contributed by atoms with van der Waals surface area (Å²) in [6, 6.07) is 84.0. The molecule has 0 saturated carbocycles. The highest BCUT2D eigenvalue weighted by atomic mass is 15.2. The largest absolute Gasteiger partial charge is 0.338 e.